The van der Waals surface area contributed by atoms with Crippen LogP contribution in [0.2, 0.25) is 0 Å². The summed E-state index contributed by atoms with van der Waals surface area (Å²) in [7, 11) is 5.05. The van der Waals surface area contributed by atoms with Gasteiger partial charge in [0.15, 0.2) is 17.5 Å². The van der Waals surface area contributed by atoms with Gasteiger partial charge in [0, 0.05) is 42.7 Å². The van der Waals surface area contributed by atoms with E-state index in [1.807, 2.05) is 43.3 Å². The van der Waals surface area contributed by atoms with Gasteiger partial charge in [0.05, 0.1) is 25.9 Å². The topological polar surface area (TPSA) is 150 Å². The molecule has 12 nitrogen and oxygen atoms in total. The van der Waals surface area contributed by atoms with E-state index in [4.69, 9.17) is 14.2 Å². The van der Waals surface area contributed by atoms with Crippen LogP contribution in [0.4, 0.5) is 5.69 Å². The number of nitrogens with one attached hydrogen (secondary N) is 1. The van der Waals surface area contributed by atoms with Gasteiger partial charge in [-0.1, -0.05) is 12.1 Å². The van der Waals surface area contributed by atoms with E-state index in [1.54, 1.807) is 13.8 Å². The zero-order valence-corrected chi connectivity index (χ0v) is 20.6. The number of carbonyl (C=O) groups is 2. The molecule has 0 aromatic heterocycles. The number of fused-ring (bicyclic) bond motifs is 1. The Kier molecular flexibility index (Phi) is 6.78. The molecule has 194 valence electrons. The number of methoxy groups -OCH3 is 1. The van der Waals surface area contributed by atoms with Crippen LogP contribution in [-0.4, -0.2) is 80.3 Å². The van der Waals surface area contributed by atoms with Crippen molar-refractivity contribution in [3.8, 4) is 0 Å². The van der Waals surface area contributed by atoms with Crippen LogP contribution < -0.4 is 10.2 Å². The predicted octanol–water partition coefficient (Wildman–Crippen LogP) is 0.835. The summed E-state index contributed by atoms with van der Waals surface area (Å²) in [4.78, 5) is 44.3. The van der Waals surface area contributed by atoms with Crippen molar-refractivity contribution in [3.05, 3.63) is 62.5 Å². The number of nitrogens with zero attached hydrogens (tertiary/aromatic N) is 2. The standard InChI is InChI=1S/C24H29N3O9/c1-12-17(21(28)24(30)11-35-20-16(36-27(31)32)10-34-22(20)24)19(18(13(2)25-12)23(29)33-5)14-6-8-15(9-7-14)26(3)4/h6-9,16,19-20,22,25,30H,10-11H2,1-5H3/t16-,19?,20+,22-,24-/m0/s1. The molecular formula is C24H29N3O9. The first-order valence-electron chi connectivity index (χ1n) is 11.3. The molecule has 0 saturated carbocycles. The van der Waals surface area contributed by atoms with Gasteiger partial charge >= 0.3 is 5.97 Å². The average Bonchev–Trinajstić information content (AvgIpc) is 3.39. The monoisotopic (exact) mass is 503 g/mol. The molecule has 0 amide bonds. The SMILES string of the molecule is COC(=O)C1=C(C)NC(C)=C(C(=O)[C@@]2(O)CO[C@@H]3[C@@H](O[N+](=O)[O-])CO[C@@H]32)C1c1ccc(N(C)C)cc1. The molecular weight excluding hydrogens is 474 g/mol. The first kappa shape index (κ1) is 25.6. The van der Waals surface area contributed by atoms with E-state index in [1.165, 1.54) is 7.11 Å². The van der Waals surface area contributed by atoms with Gasteiger partial charge in [-0.25, -0.2) is 4.79 Å². The second-order valence-electron chi connectivity index (χ2n) is 9.26. The lowest BCUT2D eigenvalue weighted by atomic mass is 9.74. The van der Waals surface area contributed by atoms with Crippen LogP contribution in [0.5, 0.6) is 0 Å². The molecule has 1 unspecified atom stereocenters. The van der Waals surface area contributed by atoms with Gasteiger partial charge in [0.25, 0.3) is 5.09 Å². The van der Waals surface area contributed by atoms with Crippen LogP contribution >= 0.6 is 0 Å². The summed E-state index contributed by atoms with van der Waals surface area (Å²) in [6.45, 7) is 2.72. The number of benzene rings is 1. The molecule has 1 aromatic rings. The summed E-state index contributed by atoms with van der Waals surface area (Å²) >= 11 is 0. The maximum atomic E-state index is 14.1. The minimum Gasteiger partial charge on any atom is -0.466 e. The lowest BCUT2D eigenvalue weighted by molar-refractivity contribution is -0.769. The molecule has 3 heterocycles. The number of allylic oxidation sites excluding steroid dienone is 2. The quantitative estimate of drug-likeness (QED) is 0.309. The number of Topliss-reactive ketones (excluding diaryl/α,β-unsaturated/α-hetero) is 1. The average molecular weight is 504 g/mol. The van der Waals surface area contributed by atoms with Crippen molar-refractivity contribution < 1.29 is 38.8 Å². The molecule has 3 aliphatic heterocycles. The highest BCUT2D eigenvalue weighted by Gasteiger charge is 2.62. The molecule has 12 heteroatoms. The van der Waals surface area contributed by atoms with Crippen molar-refractivity contribution >= 4 is 17.4 Å². The van der Waals surface area contributed by atoms with Crippen molar-refractivity contribution in [1.82, 2.24) is 5.32 Å². The Morgan fingerprint density at radius 2 is 1.81 bits per heavy atom. The number of ketones is 1. The minimum absolute atomic E-state index is 0.146. The summed E-state index contributed by atoms with van der Waals surface area (Å²) in [5.74, 6) is -2.18. The smallest absolute Gasteiger partial charge is 0.336 e. The van der Waals surface area contributed by atoms with Gasteiger partial charge in [0.2, 0.25) is 0 Å². The normalized spacial score (nSPS) is 29.5. The number of esters is 1. The number of hydrogen-bond donors (Lipinski definition) is 2. The summed E-state index contributed by atoms with van der Waals surface area (Å²) in [5, 5.41) is 24.5. The minimum atomic E-state index is -2.15. The maximum Gasteiger partial charge on any atom is 0.336 e. The fourth-order valence-corrected chi connectivity index (χ4v) is 5.10. The number of rotatable bonds is 7. The van der Waals surface area contributed by atoms with Gasteiger partial charge in [-0.3, -0.25) is 4.79 Å². The van der Waals surface area contributed by atoms with Gasteiger partial charge in [0.1, 0.15) is 12.2 Å². The lowest BCUT2D eigenvalue weighted by Gasteiger charge is -2.35. The zero-order valence-electron chi connectivity index (χ0n) is 20.6. The molecule has 0 spiro atoms. The Labute approximate surface area is 207 Å². The number of carbonyl (C=O) groups excluding carboxylic acids is 2. The summed E-state index contributed by atoms with van der Waals surface area (Å²) in [6, 6.07) is 7.35. The largest absolute Gasteiger partial charge is 0.466 e. The second-order valence-corrected chi connectivity index (χ2v) is 9.26. The van der Waals surface area contributed by atoms with Crippen molar-refractivity contribution in [3.63, 3.8) is 0 Å². The predicted molar refractivity (Wildman–Crippen MR) is 125 cm³/mol. The second kappa shape index (κ2) is 9.52. The molecule has 2 fully saturated rings. The molecule has 0 radical (unpaired) electrons. The number of dihydropyridines is 1. The fraction of sp³-hybridized carbons (Fsp3) is 0.500. The van der Waals surface area contributed by atoms with Crippen LogP contribution in [0.3, 0.4) is 0 Å². The maximum absolute atomic E-state index is 14.1. The van der Waals surface area contributed by atoms with Crippen LogP contribution in [0.25, 0.3) is 0 Å². The molecule has 0 bridgehead atoms. The number of aliphatic hydroxyl groups is 1. The van der Waals surface area contributed by atoms with Gasteiger partial charge in [-0.15, -0.1) is 10.1 Å². The van der Waals surface area contributed by atoms with Crippen LogP contribution in [-0.2, 0) is 28.6 Å². The molecule has 5 atom stereocenters. The zero-order chi connectivity index (χ0) is 26.4. The molecule has 1 aromatic carbocycles. The Bertz CT molecular complexity index is 1140. The fourth-order valence-electron chi connectivity index (χ4n) is 5.10. The molecule has 2 N–H and O–H groups in total. The summed E-state index contributed by atoms with van der Waals surface area (Å²) < 4.78 is 16.2. The summed E-state index contributed by atoms with van der Waals surface area (Å²) in [6.07, 6.45) is -3.26. The molecule has 2 saturated heterocycles. The third-order valence-corrected chi connectivity index (χ3v) is 6.84. The lowest BCUT2D eigenvalue weighted by Crippen LogP contribution is -2.53. The van der Waals surface area contributed by atoms with Crippen molar-refractivity contribution in [2.24, 2.45) is 0 Å². The Morgan fingerprint density at radius 1 is 1.17 bits per heavy atom. The van der Waals surface area contributed by atoms with E-state index in [0.717, 1.165) is 5.69 Å². The number of ether oxygens (including phenoxy) is 3. The van der Waals surface area contributed by atoms with Gasteiger partial charge in [-0.05, 0) is 31.5 Å². The van der Waals surface area contributed by atoms with E-state index in [0.29, 0.717) is 17.0 Å². The third kappa shape index (κ3) is 4.21. The molecule has 3 aliphatic rings. The molecule has 36 heavy (non-hydrogen) atoms. The summed E-state index contributed by atoms with van der Waals surface area (Å²) in [5.41, 5.74) is 0.749. The Morgan fingerprint density at radius 3 is 2.39 bits per heavy atom. The van der Waals surface area contributed by atoms with E-state index in [2.05, 4.69) is 10.2 Å². The first-order valence-corrected chi connectivity index (χ1v) is 11.3. The highest BCUT2D eigenvalue weighted by molar-refractivity contribution is 6.08. The molecule has 4 rings (SSSR count). The van der Waals surface area contributed by atoms with Crippen molar-refractivity contribution in [1.29, 1.82) is 0 Å². The number of anilines is 1. The van der Waals surface area contributed by atoms with Gasteiger partial charge < -0.3 is 34.4 Å². The number of hydrogen-bond acceptors (Lipinski definition) is 11. The highest BCUT2D eigenvalue weighted by atomic mass is 17.0. The van der Waals surface area contributed by atoms with Crippen LogP contribution in [0.1, 0.15) is 25.3 Å². The van der Waals surface area contributed by atoms with E-state index in [9.17, 15) is 24.8 Å². The molecule has 0 aliphatic carbocycles. The van der Waals surface area contributed by atoms with Crippen molar-refractivity contribution in [2.75, 3.05) is 39.3 Å². The van der Waals surface area contributed by atoms with Crippen LogP contribution in [0.15, 0.2) is 46.8 Å². The van der Waals surface area contributed by atoms with Gasteiger partial charge in [-0.2, -0.15) is 0 Å². The van der Waals surface area contributed by atoms with E-state index < -0.39 is 53.3 Å². The Hall–Kier alpha value is -3.48. The first-order chi connectivity index (χ1) is 17.0. The highest BCUT2D eigenvalue weighted by Crippen LogP contribution is 2.44. The third-order valence-electron chi connectivity index (χ3n) is 6.84. The van der Waals surface area contributed by atoms with E-state index >= 15 is 0 Å². The van der Waals surface area contributed by atoms with E-state index in [-0.39, 0.29) is 17.8 Å². The van der Waals surface area contributed by atoms with Crippen LogP contribution in [0, 0.1) is 10.1 Å². The van der Waals surface area contributed by atoms with Crippen molar-refractivity contribution in [2.45, 2.75) is 43.7 Å². The Balaban J connectivity index is 1.76.